The number of likely N-dealkylation sites (tertiary alicyclic amines) is 1. The van der Waals surface area contributed by atoms with Crippen molar-refractivity contribution in [1.29, 1.82) is 0 Å². The van der Waals surface area contributed by atoms with E-state index in [1.807, 2.05) is 11.9 Å². The minimum absolute atomic E-state index is 0.247. The molecule has 0 spiro atoms. The number of nitrogens with zero attached hydrogens (tertiary/aromatic N) is 1. The highest BCUT2D eigenvalue weighted by molar-refractivity contribution is 5.74. The first-order chi connectivity index (χ1) is 5.66. The molecule has 1 heterocycles. The molecule has 0 aromatic carbocycles. The predicted molar refractivity (Wildman–Crippen MR) is 47.1 cm³/mol. The zero-order valence-electron chi connectivity index (χ0n) is 7.79. The molecule has 3 heteroatoms. The van der Waals surface area contributed by atoms with E-state index in [9.17, 15) is 4.79 Å². The second-order valence-electron chi connectivity index (χ2n) is 3.57. The SMILES string of the molecule is CCC1CCCN(C)C1C(=O)O. The maximum atomic E-state index is 10.9. The van der Waals surface area contributed by atoms with Crippen molar-refractivity contribution in [3.63, 3.8) is 0 Å². The minimum Gasteiger partial charge on any atom is -0.480 e. The largest absolute Gasteiger partial charge is 0.480 e. The van der Waals surface area contributed by atoms with E-state index in [-0.39, 0.29) is 6.04 Å². The van der Waals surface area contributed by atoms with Crippen LogP contribution in [-0.4, -0.2) is 35.6 Å². The van der Waals surface area contributed by atoms with Gasteiger partial charge in [0.1, 0.15) is 6.04 Å². The van der Waals surface area contributed by atoms with Gasteiger partial charge < -0.3 is 5.11 Å². The summed E-state index contributed by atoms with van der Waals surface area (Å²) in [7, 11) is 1.90. The Bertz CT molecular complexity index is 170. The zero-order valence-corrected chi connectivity index (χ0v) is 7.79. The Kier molecular flexibility index (Phi) is 3.09. The monoisotopic (exact) mass is 171 g/mol. The normalized spacial score (nSPS) is 31.8. The van der Waals surface area contributed by atoms with Gasteiger partial charge in [-0.25, -0.2) is 0 Å². The first-order valence-corrected chi connectivity index (χ1v) is 4.59. The number of rotatable bonds is 2. The fourth-order valence-corrected chi connectivity index (χ4v) is 2.08. The molecule has 1 N–H and O–H groups in total. The van der Waals surface area contributed by atoms with Crippen molar-refractivity contribution in [3.05, 3.63) is 0 Å². The van der Waals surface area contributed by atoms with Crippen LogP contribution in [0.4, 0.5) is 0 Å². The molecule has 0 saturated carbocycles. The van der Waals surface area contributed by atoms with Crippen LogP contribution in [-0.2, 0) is 4.79 Å². The predicted octanol–water partition coefficient (Wildman–Crippen LogP) is 1.19. The second kappa shape index (κ2) is 3.90. The molecule has 12 heavy (non-hydrogen) atoms. The highest BCUT2D eigenvalue weighted by atomic mass is 16.4. The van der Waals surface area contributed by atoms with Gasteiger partial charge in [-0.3, -0.25) is 9.69 Å². The number of aliphatic carboxylic acids is 1. The Labute approximate surface area is 73.4 Å². The first-order valence-electron chi connectivity index (χ1n) is 4.59. The Balaban J connectivity index is 2.66. The second-order valence-corrected chi connectivity index (χ2v) is 3.57. The van der Waals surface area contributed by atoms with E-state index in [1.165, 1.54) is 0 Å². The van der Waals surface area contributed by atoms with Crippen LogP contribution in [0.3, 0.4) is 0 Å². The summed E-state index contributed by atoms with van der Waals surface area (Å²) in [5, 5.41) is 8.97. The summed E-state index contributed by atoms with van der Waals surface area (Å²) >= 11 is 0. The molecule has 3 nitrogen and oxygen atoms in total. The molecule has 1 aliphatic rings. The number of carboxylic acids is 1. The van der Waals surface area contributed by atoms with Crippen LogP contribution in [0.15, 0.2) is 0 Å². The fraction of sp³-hybridized carbons (Fsp3) is 0.889. The summed E-state index contributed by atoms with van der Waals surface area (Å²) in [5.41, 5.74) is 0. The molecule has 0 bridgehead atoms. The number of carboxylic acid groups (broad SMARTS) is 1. The molecule has 1 fully saturated rings. The molecule has 70 valence electrons. The Morgan fingerprint density at radius 2 is 2.33 bits per heavy atom. The van der Waals surface area contributed by atoms with Crippen LogP contribution < -0.4 is 0 Å². The number of hydrogen-bond acceptors (Lipinski definition) is 2. The molecular weight excluding hydrogens is 154 g/mol. The standard InChI is InChI=1S/C9H17NO2/c1-3-7-5-4-6-10(2)8(7)9(11)12/h7-8H,3-6H2,1-2H3,(H,11,12). The van der Waals surface area contributed by atoms with E-state index in [0.29, 0.717) is 5.92 Å². The average molecular weight is 171 g/mol. The Morgan fingerprint density at radius 3 is 2.75 bits per heavy atom. The van der Waals surface area contributed by atoms with E-state index in [2.05, 4.69) is 6.92 Å². The summed E-state index contributed by atoms with van der Waals surface area (Å²) in [6.07, 6.45) is 3.18. The first kappa shape index (κ1) is 9.52. The summed E-state index contributed by atoms with van der Waals surface area (Å²) in [4.78, 5) is 12.9. The third-order valence-corrected chi connectivity index (χ3v) is 2.78. The van der Waals surface area contributed by atoms with Crippen molar-refractivity contribution in [2.45, 2.75) is 32.2 Å². The molecule has 1 rings (SSSR count). The molecule has 1 aliphatic heterocycles. The zero-order chi connectivity index (χ0) is 9.14. The summed E-state index contributed by atoms with van der Waals surface area (Å²) < 4.78 is 0. The van der Waals surface area contributed by atoms with E-state index in [1.54, 1.807) is 0 Å². The smallest absolute Gasteiger partial charge is 0.321 e. The highest BCUT2D eigenvalue weighted by Gasteiger charge is 2.33. The van der Waals surface area contributed by atoms with Crippen LogP contribution >= 0.6 is 0 Å². The quantitative estimate of drug-likeness (QED) is 0.678. The molecule has 2 unspecified atom stereocenters. The van der Waals surface area contributed by atoms with Gasteiger partial charge in [0.25, 0.3) is 0 Å². The van der Waals surface area contributed by atoms with Gasteiger partial charge in [0.05, 0.1) is 0 Å². The molecule has 0 radical (unpaired) electrons. The van der Waals surface area contributed by atoms with Crippen molar-refractivity contribution >= 4 is 5.97 Å². The van der Waals surface area contributed by atoms with E-state index in [0.717, 1.165) is 25.8 Å². The Morgan fingerprint density at radius 1 is 1.67 bits per heavy atom. The van der Waals surface area contributed by atoms with Gasteiger partial charge in [0.15, 0.2) is 0 Å². The van der Waals surface area contributed by atoms with Gasteiger partial charge >= 0.3 is 5.97 Å². The minimum atomic E-state index is -0.663. The lowest BCUT2D eigenvalue weighted by Gasteiger charge is -2.35. The lowest BCUT2D eigenvalue weighted by atomic mass is 9.87. The van der Waals surface area contributed by atoms with Crippen molar-refractivity contribution in [3.8, 4) is 0 Å². The van der Waals surface area contributed by atoms with Crippen LogP contribution in [0.25, 0.3) is 0 Å². The highest BCUT2D eigenvalue weighted by Crippen LogP contribution is 2.24. The number of piperidine rings is 1. The van der Waals surface area contributed by atoms with Gasteiger partial charge in [-0.1, -0.05) is 13.3 Å². The van der Waals surface area contributed by atoms with Crippen LogP contribution in [0, 0.1) is 5.92 Å². The third kappa shape index (κ3) is 1.78. The lowest BCUT2D eigenvalue weighted by molar-refractivity contribution is -0.146. The van der Waals surface area contributed by atoms with Crippen LogP contribution in [0.2, 0.25) is 0 Å². The van der Waals surface area contributed by atoms with Gasteiger partial charge in [0, 0.05) is 0 Å². The van der Waals surface area contributed by atoms with Gasteiger partial charge in [-0.15, -0.1) is 0 Å². The third-order valence-electron chi connectivity index (χ3n) is 2.78. The number of hydrogen-bond donors (Lipinski definition) is 1. The maximum absolute atomic E-state index is 10.9. The van der Waals surface area contributed by atoms with E-state index >= 15 is 0 Å². The van der Waals surface area contributed by atoms with E-state index in [4.69, 9.17) is 5.11 Å². The van der Waals surface area contributed by atoms with Crippen molar-refractivity contribution in [2.24, 2.45) is 5.92 Å². The molecule has 1 saturated heterocycles. The molecule has 0 amide bonds. The molecule has 0 aromatic heterocycles. The summed E-state index contributed by atoms with van der Waals surface area (Å²) in [5.74, 6) is -0.315. The number of carbonyl (C=O) groups is 1. The molecule has 2 atom stereocenters. The topological polar surface area (TPSA) is 40.5 Å². The lowest BCUT2D eigenvalue weighted by Crippen LogP contribution is -2.47. The summed E-state index contributed by atoms with van der Waals surface area (Å²) in [6, 6.07) is -0.247. The van der Waals surface area contributed by atoms with Crippen molar-refractivity contribution in [1.82, 2.24) is 4.90 Å². The molecule has 0 aliphatic carbocycles. The van der Waals surface area contributed by atoms with E-state index < -0.39 is 5.97 Å². The number of likely N-dealkylation sites (N-methyl/N-ethyl adjacent to an activating group) is 1. The van der Waals surface area contributed by atoms with Gasteiger partial charge in [-0.05, 0) is 32.4 Å². The summed E-state index contributed by atoms with van der Waals surface area (Å²) in [6.45, 7) is 2.99. The Hall–Kier alpha value is -0.570. The molecular formula is C9H17NO2. The average Bonchev–Trinajstić information content (AvgIpc) is 2.03. The van der Waals surface area contributed by atoms with Crippen molar-refractivity contribution in [2.75, 3.05) is 13.6 Å². The molecule has 0 aromatic rings. The fourth-order valence-electron chi connectivity index (χ4n) is 2.08. The van der Waals surface area contributed by atoms with Crippen LogP contribution in [0.1, 0.15) is 26.2 Å². The van der Waals surface area contributed by atoms with Gasteiger partial charge in [-0.2, -0.15) is 0 Å². The van der Waals surface area contributed by atoms with Gasteiger partial charge in [0.2, 0.25) is 0 Å². The van der Waals surface area contributed by atoms with Crippen LogP contribution in [0.5, 0.6) is 0 Å². The van der Waals surface area contributed by atoms with Crippen molar-refractivity contribution < 1.29 is 9.90 Å². The maximum Gasteiger partial charge on any atom is 0.321 e.